The normalized spacial score (nSPS) is 18.6. The van der Waals surface area contributed by atoms with Crippen LogP contribution in [0.1, 0.15) is 0 Å². The highest BCUT2D eigenvalue weighted by Gasteiger charge is 2.16. The molecular formula is C8H12ClN5. The number of anilines is 1. The molecule has 1 aliphatic heterocycles. The van der Waals surface area contributed by atoms with E-state index in [4.69, 9.17) is 17.4 Å². The van der Waals surface area contributed by atoms with Gasteiger partial charge in [-0.25, -0.2) is 15.0 Å². The first-order valence-electron chi connectivity index (χ1n) is 4.49. The molecular weight excluding hydrogens is 202 g/mol. The topological polar surface area (TPSA) is 58.3 Å². The Hall–Kier alpha value is -0.910. The SMILES string of the molecule is NN1CCN(c2nccc(Cl)n2)CC1. The van der Waals surface area contributed by atoms with E-state index in [9.17, 15) is 0 Å². The molecule has 1 saturated heterocycles. The van der Waals surface area contributed by atoms with Crippen LogP contribution in [0.4, 0.5) is 5.95 Å². The van der Waals surface area contributed by atoms with E-state index >= 15 is 0 Å². The third-order valence-corrected chi connectivity index (χ3v) is 2.42. The van der Waals surface area contributed by atoms with Crippen LogP contribution < -0.4 is 10.7 Å². The molecule has 2 rings (SSSR count). The molecule has 5 nitrogen and oxygen atoms in total. The first-order valence-corrected chi connectivity index (χ1v) is 4.86. The maximum Gasteiger partial charge on any atom is 0.226 e. The molecule has 0 amide bonds. The van der Waals surface area contributed by atoms with Crippen LogP contribution >= 0.6 is 11.6 Å². The molecule has 1 fully saturated rings. The minimum absolute atomic E-state index is 0.477. The van der Waals surface area contributed by atoms with Crippen LogP contribution in [-0.2, 0) is 0 Å². The van der Waals surface area contributed by atoms with Gasteiger partial charge >= 0.3 is 0 Å². The van der Waals surface area contributed by atoms with Gasteiger partial charge in [0.15, 0.2) is 0 Å². The Balaban J connectivity index is 2.08. The lowest BCUT2D eigenvalue weighted by atomic mass is 10.4. The van der Waals surface area contributed by atoms with E-state index in [0.717, 1.165) is 26.2 Å². The van der Waals surface area contributed by atoms with Crippen LogP contribution in [0.15, 0.2) is 12.3 Å². The van der Waals surface area contributed by atoms with Crippen molar-refractivity contribution in [3.63, 3.8) is 0 Å². The average molecular weight is 214 g/mol. The smallest absolute Gasteiger partial charge is 0.226 e. The predicted octanol–water partition coefficient (Wildman–Crippen LogP) is 0.126. The second-order valence-corrected chi connectivity index (χ2v) is 3.59. The minimum Gasteiger partial charge on any atom is -0.338 e. The summed E-state index contributed by atoms with van der Waals surface area (Å²) < 4.78 is 0. The Kier molecular flexibility index (Phi) is 2.81. The molecule has 0 atom stereocenters. The Labute approximate surface area is 87.5 Å². The van der Waals surface area contributed by atoms with Crippen LogP contribution in [-0.4, -0.2) is 41.2 Å². The second-order valence-electron chi connectivity index (χ2n) is 3.20. The number of nitrogens with two attached hydrogens (primary N) is 1. The van der Waals surface area contributed by atoms with Crippen LogP contribution in [0, 0.1) is 0 Å². The van der Waals surface area contributed by atoms with Crippen molar-refractivity contribution in [3.8, 4) is 0 Å². The third kappa shape index (κ3) is 2.12. The molecule has 1 aliphatic rings. The van der Waals surface area contributed by atoms with Crippen molar-refractivity contribution in [3.05, 3.63) is 17.4 Å². The summed E-state index contributed by atoms with van der Waals surface area (Å²) >= 11 is 5.78. The van der Waals surface area contributed by atoms with Gasteiger partial charge in [-0.2, -0.15) is 0 Å². The largest absolute Gasteiger partial charge is 0.338 e. The van der Waals surface area contributed by atoms with Crippen molar-refractivity contribution in [1.29, 1.82) is 0 Å². The van der Waals surface area contributed by atoms with Gasteiger partial charge in [-0.05, 0) is 6.07 Å². The van der Waals surface area contributed by atoms with Gasteiger partial charge in [0.2, 0.25) is 5.95 Å². The summed E-state index contributed by atoms with van der Waals surface area (Å²) in [5.41, 5.74) is 0. The zero-order valence-corrected chi connectivity index (χ0v) is 8.48. The van der Waals surface area contributed by atoms with Gasteiger partial charge in [-0.1, -0.05) is 11.6 Å². The van der Waals surface area contributed by atoms with Gasteiger partial charge in [0.25, 0.3) is 0 Å². The summed E-state index contributed by atoms with van der Waals surface area (Å²) in [6, 6.07) is 1.67. The van der Waals surface area contributed by atoms with Crippen molar-refractivity contribution >= 4 is 17.5 Å². The molecule has 76 valence electrons. The molecule has 2 N–H and O–H groups in total. The fourth-order valence-electron chi connectivity index (χ4n) is 1.40. The van der Waals surface area contributed by atoms with Crippen molar-refractivity contribution in [2.75, 3.05) is 31.1 Å². The Morgan fingerprint density at radius 3 is 2.64 bits per heavy atom. The summed E-state index contributed by atoms with van der Waals surface area (Å²) in [6.07, 6.45) is 1.67. The lowest BCUT2D eigenvalue weighted by Gasteiger charge is -2.31. The molecule has 0 saturated carbocycles. The van der Waals surface area contributed by atoms with Crippen LogP contribution in [0.3, 0.4) is 0 Å². The van der Waals surface area contributed by atoms with Crippen LogP contribution in [0.25, 0.3) is 0 Å². The van der Waals surface area contributed by atoms with Gasteiger partial charge in [0, 0.05) is 32.4 Å². The second kappa shape index (κ2) is 4.08. The lowest BCUT2D eigenvalue weighted by molar-refractivity contribution is 0.265. The molecule has 0 unspecified atom stereocenters. The number of hydrazine groups is 1. The van der Waals surface area contributed by atoms with E-state index in [0.29, 0.717) is 11.1 Å². The lowest BCUT2D eigenvalue weighted by Crippen LogP contribution is -2.49. The van der Waals surface area contributed by atoms with Gasteiger partial charge in [-0.15, -0.1) is 0 Å². The summed E-state index contributed by atoms with van der Waals surface area (Å²) in [4.78, 5) is 10.4. The Bertz CT molecular complexity index is 310. The van der Waals surface area contributed by atoms with E-state index < -0.39 is 0 Å². The van der Waals surface area contributed by atoms with Crippen LogP contribution in [0.5, 0.6) is 0 Å². The molecule has 1 aromatic rings. The van der Waals surface area contributed by atoms with Crippen molar-refractivity contribution in [2.24, 2.45) is 5.84 Å². The van der Waals surface area contributed by atoms with E-state index in [-0.39, 0.29) is 0 Å². The quantitative estimate of drug-likeness (QED) is 0.531. The fourth-order valence-corrected chi connectivity index (χ4v) is 1.53. The summed E-state index contributed by atoms with van der Waals surface area (Å²) in [5, 5.41) is 2.27. The maximum absolute atomic E-state index is 5.78. The Morgan fingerprint density at radius 2 is 2.00 bits per heavy atom. The van der Waals surface area contributed by atoms with Gasteiger partial charge in [0.05, 0.1) is 0 Å². The maximum atomic E-state index is 5.78. The van der Waals surface area contributed by atoms with Crippen molar-refractivity contribution in [2.45, 2.75) is 0 Å². The van der Waals surface area contributed by atoms with Crippen LogP contribution in [0.2, 0.25) is 5.15 Å². The summed E-state index contributed by atoms with van der Waals surface area (Å²) in [7, 11) is 0. The minimum atomic E-state index is 0.477. The number of nitrogens with zero attached hydrogens (tertiary/aromatic N) is 4. The molecule has 0 bridgehead atoms. The summed E-state index contributed by atoms with van der Waals surface area (Å²) in [5.74, 6) is 6.33. The molecule has 0 spiro atoms. The van der Waals surface area contributed by atoms with Crippen molar-refractivity contribution < 1.29 is 0 Å². The molecule has 1 aromatic heterocycles. The average Bonchev–Trinajstić information content (AvgIpc) is 2.19. The van der Waals surface area contributed by atoms with E-state index in [1.807, 2.05) is 0 Å². The summed E-state index contributed by atoms with van der Waals surface area (Å²) in [6.45, 7) is 3.35. The molecule has 0 aromatic carbocycles. The predicted molar refractivity (Wildman–Crippen MR) is 55.0 cm³/mol. The van der Waals surface area contributed by atoms with E-state index in [1.54, 1.807) is 17.3 Å². The highest BCUT2D eigenvalue weighted by atomic mass is 35.5. The molecule has 0 radical (unpaired) electrons. The first kappa shape index (κ1) is 9.64. The van der Waals surface area contributed by atoms with Gasteiger partial charge < -0.3 is 4.90 Å². The van der Waals surface area contributed by atoms with Gasteiger partial charge in [0.1, 0.15) is 5.15 Å². The number of aromatic nitrogens is 2. The number of piperazine rings is 1. The van der Waals surface area contributed by atoms with E-state index in [1.165, 1.54) is 0 Å². The van der Waals surface area contributed by atoms with Gasteiger partial charge in [-0.3, -0.25) is 5.84 Å². The number of hydrogen-bond donors (Lipinski definition) is 1. The standard InChI is InChI=1S/C8H12ClN5/c9-7-1-2-11-8(12-7)13-3-5-14(10)6-4-13/h1-2H,3-6,10H2. The van der Waals surface area contributed by atoms with E-state index in [2.05, 4.69) is 14.9 Å². The highest BCUT2D eigenvalue weighted by molar-refractivity contribution is 6.29. The zero-order valence-electron chi connectivity index (χ0n) is 7.73. The molecule has 2 heterocycles. The first-order chi connectivity index (χ1) is 6.75. The highest BCUT2D eigenvalue weighted by Crippen LogP contribution is 2.12. The van der Waals surface area contributed by atoms with Crippen molar-refractivity contribution in [1.82, 2.24) is 15.0 Å². The number of halogens is 1. The molecule has 14 heavy (non-hydrogen) atoms. The monoisotopic (exact) mass is 213 g/mol. The Morgan fingerprint density at radius 1 is 1.29 bits per heavy atom. The number of hydrogen-bond acceptors (Lipinski definition) is 5. The number of rotatable bonds is 1. The fraction of sp³-hybridized carbons (Fsp3) is 0.500. The third-order valence-electron chi connectivity index (χ3n) is 2.21. The molecule has 6 heteroatoms. The zero-order chi connectivity index (χ0) is 9.97. The molecule has 0 aliphatic carbocycles.